The predicted molar refractivity (Wildman–Crippen MR) is 315 cm³/mol. The zero-order chi connectivity index (χ0) is 58.4. The second-order valence-corrected chi connectivity index (χ2v) is 27.0. The lowest BCUT2D eigenvalue weighted by Crippen LogP contribution is -2.63. The summed E-state index contributed by atoms with van der Waals surface area (Å²) < 4.78 is 48.6. The summed E-state index contributed by atoms with van der Waals surface area (Å²) >= 11 is 0. The molecule has 4 aromatic heterocycles. The van der Waals surface area contributed by atoms with Crippen LogP contribution in [-0.4, -0.2) is 189 Å². The zero-order valence-electron chi connectivity index (χ0n) is 48.9. The Bertz CT molecular complexity index is 3510. The Morgan fingerprint density at radius 1 is 0.915 bits per heavy atom. The molecule has 82 heavy (non-hydrogen) atoms. The highest BCUT2D eigenvalue weighted by molar-refractivity contribution is 7.92. The number of piperazine rings is 3. The van der Waals surface area contributed by atoms with Gasteiger partial charge in [0.25, 0.3) is 11.5 Å². The lowest BCUT2D eigenvalue weighted by atomic mass is 9.90. The quantitative estimate of drug-likeness (QED) is 0.106. The molecule has 4 aliphatic rings. The number of pyridine rings is 1. The van der Waals surface area contributed by atoms with Gasteiger partial charge >= 0.3 is 0 Å². The van der Waals surface area contributed by atoms with E-state index < -0.39 is 20.0 Å². The third kappa shape index (κ3) is 12.1. The van der Waals surface area contributed by atoms with Crippen LogP contribution in [0.1, 0.15) is 93.3 Å². The van der Waals surface area contributed by atoms with E-state index in [4.69, 9.17) is 4.74 Å². The molecule has 1 unspecified atom stereocenters. The molecule has 10 rings (SSSR count). The number of amides is 2. The van der Waals surface area contributed by atoms with Crippen molar-refractivity contribution in [2.75, 3.05) is 107 Å². The summed E-state index contributed by atoms with van der Waals surface area (Å²) in [5, 5.41) is 14.7. The van der Waals surface area contributed by atoms with Crippen LogP contribution >= 0.6 is 0 Å². The van der Waals surface area contributed by atoms with Crippen molar-refractivity contribution < 1.29 is 27.1 Å². The summed E-state index contributed by atoms with van der Waals surface area (Å²) in [7, 11) is -2.06. The Kier molecular flexibility index (Phi) is 16.6. The smallest absolute Gasteiger partial charge is 0.257 e. The minimum atomic E-state index is -3.83. The number of carbonyl (C=O) groups is 2. The van der Waals surface area contributed by atoms with Crippen LogP contribution in [0.2, 0.25) is 0 Å². The molecule has 3 atom stereocenters. The number of aromatic amines is 1. The molecule has 3 N–H and O–H groups in total. The van der Waals surface area contributed by atoms with Gasteiger partial charge in [0, 0.05) is 156 Å². The van der Waals surface area contributed by atoms with Gasteiger partial charge in [-0.05, 0) is 84.7 Å². The Hall–Kier alpha value is -6.92. The van der Waals surface area contributed by atoms with Crippen LogP contribution in [0.25, 0.3) is 10.9 Å². The number of halogens is 1. The number of aromatic nitrogens is 7. The number of nitrogens with one attached hydrogen (secondary N) is 3. The fourth-order valence-corrected chi connectivity index (χ4v) is 13.2. The summed E-state index contributed by atoms with van der Waals surface area (Å²) in [6.07, 6.45) is 5.70. The lowest BCUT2D eigenvalue weighted by Gasteiger charge is -2.45. The SMILES string of the molecule is Cc1[nH]nc(Nc2ncnc3cc(OCCCN4CCN(c5ncc(C(=O)N6CCN(C[C@H]7CN[C@H](C)CN7CC(=O)N7CC(C)(C)c8c7cc(Cc7ccc(F)cc7)c(=O)n8C)C(C)C6)cn5)CC4)c(S(=O)(=O)C(C)(C)C)cc23)c1C. The summed E-state index contributed by atoms with van der Waals surface area (Å²) in [5.74, 6) is 1.42. The van der Waals surface area contributed by atoms with Gasteiger partial charge in [0.05, 0.1) is 40.4 Å². The number of sulfone groups is 1. The molecule has 23 heteroatoms. The first-order chi connectivity index (χ1) is 38.9. The minimum Gasteiger partial charge on any atom is -0.492 e. The first-order valence-corrected chi connectivity index (χ1v) is 30.0. The van der Waals surface area contributed by atoms with Gasteiger partial charge in [0.2, 0.25) is 11.9 Å². The van der Waals surface area contributed by atoms with E-state index in [0.717, 1.165) is 60.9 Å². The predicted octanol–water partition coefficient (Wildman–Crippen LogP) is 5.23. The van der Waals surface area contributed by atoms with Crippen molar-refractivity contribution in [3.63, 3.8) is 0 Å². The largest absolute Gasteiger partial charge is 0.492 e. The van der Waals surface area contributed by atoms with Crippen molar-refractivity contribution in [3.05, 3.63) is 111 Å². The van der Waals surface area contributed by atoms with Gasteiger partial charge in [-0.2, -0.15) is 5.10 Å². The highest BCUT2D eigenvalue weighted by atomic mass is 32.2. The molecule has 0 spiro atoms. The molecule has 0 aliphatic carbocycles. The maximum Gasteiger partial charge on any atom is 0.257 e. The number of hydrogen-bond acceptors (Lipinski definition) is 17. The summed E-state index contributed by atoms with van der Waals surface area (Å²) in [6.45, 7) is 25.9. The Balaban J connectivity index is 0.701. The number of ether oxygens (including phenoxy) is 1. The second-order valence-electron chi connectivity index (χ2n) is 24.3. The molecule has 21 nitrogen and oxygen atoms in total. The standard InChI is InChI=1S/C59H78FN15O6S/c1-37-31-74(34-51(76)75-35-59(8,9)52-48(75)25-42(55(77)69(52)10)24-41-12-14-44(60)15-13-41)45(30-61-37)33-72-21-22-73(32-38(72)2)56(78)43-28-62-57(63-29-43)71-19-17-70(18-20-71)16-11-23-81-49-27-47-46(26-50(49)82(79,80)58(5,6)7)54(65-36-64-47)66-53-39(3)40(4)67-68-53/h12-15,25-29,36-38,45,61H,11,16-24,30-35H2,1-10H3,(H2,64,65,66,67,68)/t37-,38?,45-/m1/s1. The highest BCUT2D eigenvalue weighted by Gasteiger charge is 2.43. The Labute approximate surface area is 479 Å². The van der Waals surface area contributed by atoms with E-state index in [1.165, 1.54) is 18.5 Å². The van der Waals surface area contributed by atoms with Crippen LogP contribution in [0.4, 0.5) is 27.7 Å². The molecule has 0 bridgehead atoms. The molecule has 0 radical (unpaired) electrons. The number of aryl methyl sites for hydroxylation is 1. The van der Waals surface area contributed by atoms with E-state index in [2.05, 4.69) is 88.1 Å². The van der Waals surface area contributed by atoms with E-state index in [9.17, 15) is 27.2 Å². The topological polar surface area (TPSA) is 223 Å². The van der Waals surface area contributed by atoms with E-state index >= 15 is 0 Å². The van der Waals surface area contributed by atoms with Gasteiger partial charge in [-0.25, -0.2) is 32.7 Å². The van der Waals surface area contributed by atoms with Crippen LogP contribution < -0.4 is 30.7 Å². The number of carbonyl (C=O) groups excluding carboxylic acids is 2. The Morgan fingerprint density at radius 2 is 1.65 bits per heavy atom. The van der Waals surface area contributed by atoms with Crippen LogP contribution in [0.3, 0.4) is 0 Å². The number of rotatable bonds is 16. The average Bonchev–Trinajstić information content (AvgIpc) is 3.85. The van der Waals surface area contributed by atoms with Crippen LogP contribution in [-0.2, 0) is 33.5 Å². The molecule has 6 aromatic rings. The van der Waals surface area contributed by atoms with Gasteiger partial charge in [0.1, 0.15) is 28.6 Å². The first kappa shape index (κ1) is 58.3. The van der Waals surface area contributed by atoms with Gasteiger partial charge in [-0.3, -0.25) is 34.2 Å². The summed E-state index contributed by atoms with van der Waals surface area (Å²) in [6, 6.07) is 11.6. The van der Waals surface area contributed by atoms with E-state index in [-0.39, 0.29) is 58.5 Å². The second kappa shape index (κ2) is 23.4. The third-order valence-electron chi connectivity index (χ3n) is 16.8. The zero-order valence-corrected chi connectivity index (χ0v) is 49.7. The molecule has 4 aliphatic heterocycles. The molecule has 438 valence electrons. The lowest BCUT2D eigenvalue weighted by molar-refractivity contribution is -0.121. The normalized spacial score (nSPS) is 20.1. The molecule has 0 saturated carbocycles. The van der Waals surface area contributed by atoms with Crippen LogP contribution in [0.5, 0.6) is 5.75 Å². The van der Waals surface area contributed by atoms with Crippen molar-refractivity contribution >= 4 is 55.8 Å². The average molecular weight is 1140 g/mol. The van der Waals surface area contributed by atoms with Crippen LogP contribution in [0, 0.1) is 19.7 Å². The minimum absolute atomic E-state index is 0.0155. The van der Waals surface area contributed by atoms with E-state index in [0.29, 0.717) is 105 Å². The molecule has 2 amide bonds. The fraction of sp³-hybridized carbons (Fsp3) is 0.525. The summed E-state index contributed by atoms with van der Waals surface area (Å²) in [4.78, 5) is 73.3. The summed E-state index contributed by atoms with van der Waals surface area (Å²) in [5.41, 5.74) is 5.23. The number of benzene rings is 2. The maximum absolute atomic E-state index is 14.5. The van der Waals surface area contributed by atoms with Crippen molar-refractivity contribution in [1.29, 1.82) is 0 Å². The number of fused-ring (bicyclic) bond motifs is 2. The molecule has 2 aromatic carbocycles. The molecule has 3 fully saturated rings. The molecular formula is C59H78FN15O6S. The number of hydrogen-bond donors (Lipinski definition) is 3. The molecule has 8 heterocycles. The highest BCUT2D eigenvalue weighted by Crippen LogP contribution is 2.41. The van der Waals surface area contributed by atoms with Crippen molar-refractivity contribution in [3.8, 4) is 5.75 Å². The Morgan fingerprint density at radius 3 is 2.33 bits per heavy atom. The fourth-order valence-electron chi connectivity index (χ4n) is 11.9. The van der Waals surface area contributed by atoms with Gasteiger partial charge in [-0.1, -0.05) is 26.0 Å². The van der Waals surface area contributed by atoms with Crippen molar-refractivity contribution in [2.24, 2.45) is 7.05 Å². The molecule has 3 saturated heterocycles. The number of H-pyrrole nitrogens is 1. The first-order valence-electron chi connectivity index (χ1n) is 28.5. The number of nitrogens with zero attached hydrogens (tertiary/aromatic N) is 12. The van der Waals surface area contributed by atoms with Crippen molar-refractivity contribution in [2.45, 2.75) is 108 Å². The van der Waals surface area contributed by atoms with Gasteiger partial charge in [0.15, 0.2) is 15.7 Å². The van der Waals surface area contributed by atoms with Crippen LogP contribution in [0.15, 0.2) is 70.9 Å². The maximum atomic E-state index is 14.5. The van der Waals surface area contributed by atoms with Gasteiger partial charge < -0.3 is 34.6 Å². The van der Waals surface area contributed by atoms with Gasteiger partial charge in [-0.15, -0.1) is 0 Å². The van der Waals surface area contributed by atoms with E-state index in [1.54, 1.807) is 69.0 Å². The monoisotopic (exact) mass is 1140 g/mol. The van der Waals surface area contributed by atoms with E-state index in [1.807, 2.05) is 29.7 Å². The van der Waals surface area contributed by atoms with Crippen molar-refractivity contribution in [1.82, 2.24) is 59.6 Å². The third-order valence-corrected chi connectivity index (χ3v) is 19.3. The number of anilines is 4. The molecular weight excluding hydrogens is 1070 g/mol.